The lowest BCUT2D eigenvalue weighted by atomic mass is 9.99. The Morgan fingerprint density at radius 3 is 2.50 bits per heavy atom. The van der Waals surface area contributed by atoms with Gasteiger partial charge >= 0.3 is 0 Å². The smallest absolute Gasteiger partial charge is 0.120 e. The molecule has 0 saturated heterocycles. The predicted octanol–water partition coefficient (Wildman–Crippen LogP) is 3.63. The number of hydrogen-bond acceptors (Lipinski definition) is 3. The fourth-order valence-corrected chi connectivity index (χ4v) is 2.81. The van der Waals surface area contributed by atoms with E-state index in [1.165, 1.54) is 3.57 Å². The Morgan fingerprint density at radius 1 is 1.10 bits per heavy atom. The van der Waals surface area contributed by atoms with Crippen molar-refractivity contribution in [3.63, 3.8) is 0 Å². The van der Waals surface area contributed by atoms with E-state index in [4.69, 9.17) is 10.6 Å². The third-order valence-corrected chi connectivity index (χ3v) is 3.93. The molecule has 0 aliphatic rings. The second-order valence-electron chi connectivity index (χ2n) is 4.86. The third kappa shape index (κ3) is 3.71. The van der Waals surface area contributed by atoms with Crippen LogP contribution in [0.1, 0.15) is 31.0 Å². The van der Waals surface area contributed by atoms with Crippen molar-refractivity contribution < 1.29 is 4.74 Å². The SMILES string of the molecule is CC(C)Oc1cccc(C(NN)c2ccccc2I)c1. The van der Waals surface area contributed by atoms with Crippen molar-refractivity contribution in [1.29, 1.82) is 0 Å². The zero-order valence-electron chi connectivity index (χ0n) is 11.6. The Kier molecular flexibility index (Phi) is 5.39. The fourth-order valence-electron chi connectivity index (χ4n) is 2.11. The van der Waals surface area contributed by atoms with Gasteiger partial charge in [0.1, 0.15) is 5.75 Å². The predicted molar refractivity (Wildman–Crippen MR) is 90.5 cm³/mol. The lowest BCUT2D eigenvalue weighted by Gasteiger charge is -2.19. The second kappa shape index (κ2) is 7.06. The van der Waals surface area contributed by atoms with Crippen molar-refractivity contribution in [2.75, 3.05) is 0 Å². The molecule has 20 heavy (non-hydrogen) atoms. The van der Waals surface area contributed by atoms with Gasteiger partial charge in [-0.1, -0.05) is 30.3 Å². The van der Waals surface area contributed by atoms with E-state index in [1.54, 1.807) is 0 Å². The van der Waals surface area contributed by atoms with Crippen LogP contribution < -0.4 is 16.0 Å². The van der Waals surface area contributed by atoms with Crippen LogP contribution in [0.2, 0.25) is 0 Å². The number of hydrazine groups is 1. The highest BCUT2D eigenvalue weighted by Crippen LogP contribution is 2.28. The maximum Gasteiger partial charge on any atom is 0.120 e. The van der Waals surface area contributed by atoms with Crippen LogP contribution >= 0.6 is 22.6 Å². The normalized spacial score (nSPS) is 12.4. The quantitative estimate of drug-likeness (QED) is 0.472. The van der Waals surface area contributed by atoms with E-state index in [0.717, 1.165) is 16.9 Å². The zero-order chi connectivity index (χ0) is 14.5. The molecule has 0 bridgehead atoms. The molecular weight excluding hydrogens is 363 g/mol. The summed E-state index contributed by atoms with van der Waals surface area (Å²) >= 11 is 2.33. The Balaban J connectivity index is 2.35. The van der Waals surface area contributed by atoms with E-state index in [2.05, 4.69) is 46.2 Å². The molecule has 1 atom stereocenters. The minimum absolute atomic E-state index is 0.0428. The van der Waals surface area contributed by atoms with Gasteiger partial charge in [-0.15, -0.1) is 0 Å². The van der Waals surface area contributed by atoms with Crippen LogP contribution in [-0.2, 0) is 0 Å². The van der Waals surface area contributed by atoms with Gasteiger partial charge in [-0.05, 0) is 65.8 Å². The number of halogens is 1. The summed E-state index contributed by atoms with van der Waals surface area (Å²) in [5.41, 5.74) is 5.15. The molecule has 3 N–H and O–H groups in total. The van der Waals surface area contributed by atoms with E-state index in [0.29, 0.717) is 0 Å². The van der Waals surface area contributed by atoms with Crippen molar-refractivity contribution >= 4 is 22.6 Å². The molecule has 0 saturated carbocycles. The van der Waals surface area contributed by atoms with Gasteiger partial charge in [0.2, 0.25) is 0 Å². The first kappa shape index (κ1) is 15.3. The van der Waals surface area contributed by atoms with E-state index in [9.17, 15) is 0 Å². The average molecular weight is 382 g/mol. The summed E-state index contributed by atoms with van der Waals surface area (Å²) in [5.74, 6) is 6.63. The largest absolute Gasteiger partial charge is 0.491 e. The van der Waals surface area contributed by atoms with Crippen LogP contribution in [0.15, 0.2) is 48.5 Å². The van der Waals surface area contributed by atoms with Gasteiger partial charge in [0.15, 0.2) is 0 Å². The summed E-state index contributed by atoms with van der Waals surface area (Å²) in [6, 6.07) is 16.2. The summed E-state index contributed by atoms with van der Waals surface area (Å²) in [4.78, 5) is 0. The Bertz CT molecular complexity index is 572. The van der Waals surface area contributed by atoms with Gasteiger partial charge in [0.25, 0.3) is 0 Å². The van der Waals surface area contributed by atoms with E-state index >= 15 is 0 Å². The van der Waals surface area contributed by atoms with E-state index < -0.39 is 0 Å². The van der Waals surface area contributed by atoms with Crippen LogP contribution in [0, 0.1) is 3.57 Å². The molecule has 3 nitrogen and oxygen atoms in total. The van der Waals surface area contributed by atoms with Crippen molar-refractivity contribution in [3.8, 4) is 5.75 Å². The molecule has 0 radical (unpaired) electrons. The molecule has 2 aromatic carbocycles. The van der Waals surface area contributed by atoms with Crippen molar-refractivity contribution in [2.45, 2.75) is 26.0 Å². The maximum atomic E-state index is 5.76. The molecule has 106 valence electrons. The molecule has 0 aromatic heterocycles. The minimum Gasteiger partial charge on any atom is -0.491 e. The average Bonchev–Trinajstić information content (AvgIpc) is 2.41. The Hall–Kier alpha value is -1.11. The molecule has 0 fully saturated rings. The molecule has 2 aromatic rings. The highest BCUT2D eigenvalue weighted by atomic mass is 127. The van der Waals surface area contributed by atoms with Crippen molar-refractivity contribution in [3.05, 3.63) is 63.2 Å². The zero-order valence-corrected chi connectivity index (χ0v) is 13.8. The molecule has 0 aliphatic heterocycles. The monoisotopic (exact) mass is 382 g/mol. The molecular formula is C16H19IN2O. The number of benzene rings is 2. The van der Waals surface area contributed by atoms with Gasteiger partial charge < -0.3 is 4.74 Å². The summed E-state index contributed by atoms with van der Waals surface area (Å²) in [6.45, 7) is 4.04. The van der Waals surface area contributed by atoms with E-state index in [1.807, 2.05) is 44.2 Å². The van der Waals surface area contributed by atoms with E-state index in [-0.39, 0.29) is 12.1 Å². The number of nitrogens with one attached hydrogen (secondary N) is 1. The number of rotatable bonds is 5. The minimum atomic E-state index is -0.0428. The van der Waals surface area contributed by atoms with Crippen LogP contribution in [0.25, 0.3) is 0 Å². The number of ether oxygens (including phenoxy) is 1. The first-order valence-electron chi connectivity index (χ1n) is 6.59. The van der Waals surface area contributed by atoms with Gasteiger partial charge in [-0.25, -0.2) is 5.43 Å². The fraction of sp³-hybridized carbons (Fsp3) is 0.250. The summed E-state index contributed by atoms with van der Waals surface area (Å²) < 4.78 is 6.93. The Labute approximate surface area is 133 Å². The first-order chi connectivity index (χ1) is 9.61. The number of nitrogens with two attached hydrogens (primary N) is 1. The van der Waals surface area contributed by atoms with Gasteiger partial charge in [-0.2, -0.15) is 0 Å². The van der Waals surface area contributed by atoms with Gasteiger partial charge in [0, 0.05) is 3.57 Å². The second-order valence-corrected chi connectivity index (χ2v) is 6.02. The lowest BCUT2D eigenvalue weighted by molar-refractivity contribution is 0.242. The maximum absolute atomic E-state index is 5.76. The van der Waals surface area contributed by atoms with Crippen molar-refractivity contribution in [2.24, 2.45) is 5.84 Å². The highest BCUT2D eigenvalue weighted by Gasteiger charge is 2.15. The van der Waals surface area contributed by atoms with Crippen LogP contribution in [-0.4, -0.2) is 6.10 Å². The molecule has 0 spiro atoms. The molecule has 2 rings (SSSR count). The van der Waals surface area contributed by atoms with Gasteiger partial charge in [-0.3, -0.25) is 5.84 Å². The van der Waals surface area contributed by atoms with Crippen LogP contribution in [0.3, 0.4) is 0 Å². The standard InChI is InChI=1S/C16H19IN2O/c1-11(2)20-13-7-5-6-12(10-13)16(19-18)14-8-3-4-9-15(14)17/h3-11,16,19H,18H2,1-2H3. The molecule has 1 unspecified atom stereocenters. The molecule has 4 heteroatoms. The topological polar surface area (TPSA) is 47.3 Å². The first-order valence-corrected chi connectivity index (χ1v) is 7.67. The summed E-state index contributed by atoms with van der Waals surface area (Å²) in [5, 5.41) is 0. The highest BCUT2D eigenvalue weighted by molar-refractivity contribution is 14.1. The lowest BCUT2D eigenvalue weighted by Crippen LogP contribution is -2.29. The molecule has 0 aliphatic carbocycles. The Morgan fingerprint density at radius 2 is 1.85 bits per heavy atom. The number of hydrogen-bond donors (Lipinski definition) is 2. The molecule has 0 heterocycles. The summed E-state index contributed by atoms with van der Waals surface area (Å²) in [7, 11) is 0. The van der Waals surface area contributed by atoms with Gasteiger partial charge in [0.05, 0.1) is 12.1 Å². The molecule has 0 amide bonds. The van der Waals surface area contributed by atoms with Crippen molar-refractivity contribution in [1.82, 2.24) is 5.43 Å². The third-order valence-electron chi connectivity index (χ3n) is 2.95. The summed E-state index contributed by atoms with van der Waals surface area (Å²) in [6.07, 6.45) is 0.159. The van der Waals surface area contributed by atoms with Crippen LogP contribution in [0.4, 0.5) is 0 Å². The van der Waals surface area contributed by atoms with Crippen LogP contribution in [0.5, 0.6) is 5.75 Å².